The summed E-state index contributed by atoms with van der Waals surface area (Å²) in [6.45, 7) is 2.23. The molecule has 0 aromatic carbocycles. The Morgan fingerprint density at radius 2 is 2.29 bits per heavy atom. The smallest absolute Gasteiger partial charge is 0.0595 e. The van der Waals surface area contributed by atoms with Crippen molar-refractivity contribution >= 4 is 17.2 Å². The third-order valence-corrected chi connectivity index (χ3v) is 3.30. The van der Waals surface area contributed by atoms with Crippen LogP contribution in [0.2, 0.25) is 5.02 Å². The summed E-state index contributed by atoms with van der Waals surface area (Å²) in [5, 5.41) is 4.11. The van der Waals surface area contributed by atoms with Gasteiger partial charge in [0.25, 0.3) is 0 Å². The maximum Gasteiger partial charge on any atom is 0.0595 e. The van der Waals surface area contributed by atoms with Gasteiger partial charge in [-0.2, -0.15) is 0 Å². The summed E-state index contributed by atoms with van der Waals surface area (Å²) in [4.78, 5) is 4.11. The Bertz CT molecular complexity index is 400. The summed E-state index contributed by atoms with van der Waals surface area (Å²) < 4.78 is 0. The molecule has 1 aliphatic heterocycles. The molecule has 2 nitrogen and oxygen atoms in total. The van der Waals surface area contributed by atoms with E-state index < -0.39 is 0 Å². The van der Waals surface area contributed by atoms with Gasteiger partial charge in [-0.05, 0) is 23.1 Å². The minimum Gasteiger partial charge on any atom is -0.315 e. The van der Waals surface area contributed by atoms with Gasteiger partial charge < -0.3 is 5.32 Å². The second-order valence-corrected chi connectivity index (χ2v) is 4.38. The van der Waals surface area contributed by atoms with Gasteiger partial charge in [0.05, 0.1) is 5.02 Å². The minimum atomic E-state index is 0.690. The van der Waals surface area contributed by atoms with E-state index in [0.29, 0.717) is 5.92 Å². The topological polar surface area (TPSA) is 24.9 Å². The fourth-order valence-corrected chi connectivity index (χ4v) is 2.50. The number of nitrogens with zero attached hydrogens (tertiary/aromatic N) is 1. The lowest BCUT2D eigenvalue weighted by atomic mass is 9.74. The van der Waals surface area contributed by atoms with Gasteiger partial charge in [0.1, 0.15) is 0 Å². The van der Waals surface area contributed by atoms with Gasteiger partial charge in [-0.3, -0.25) is 4.98 Å². The van der Waals surface area contributed by atoms with Crippen LogP contribution in [0.4, 0.5) is 0 Å². The first-order valence-electron chi connectivity index (χ1n) is 4.88. The van der Waals surface area contributed by atoms with Crippen molar-refractivity contribution in [3.63, 3.8) is 0 Å². The second kappa shape index (κ2) is 3.07. The zero-order valence-corrected chi connectivity index (χ0v) is 8.46. The van der Waals surface area contributed by atoms with E-state index in [4.69, 9.17) is 11.6 Å². The van der Waals surface area contributed by atoms with Crippen LogP contribution in [0.5, 0.6) is 0 Å². The van der Waals surface area contributed by atoms with Crippen molar-refractivity contribution < 1.29 is 0 Å². The predicted molar refractivity (Wildman–Crippen MR) is 57.1 cm³/mol. The number of halogens is 1. The highest BCUT2D eigenvalue weighted by Gasteiger charge is 2.36. The van der Waals surface area contributed by atoms with Crippen LogP contribution in [-0.2, 0) is 0 Å². The van der Waals surface area contributed by atoms with Gasteiger partial charge in [-0.25, -0.2) is 0 Å². The number of aromatic nitrogens is 1. The Labute approximate surface area is 88.0 Å². The largest absolute Gasteiger partial charge is 0.315 e. The molecule has 2 atom stereocenters. The first-order valence-corrected chi connectivity index (χ1v) is 5.26. The summed E-state index contributed by atoms with van der Waals surface area (Å²) in [5.41, 5.74) is 2.59. The number of fused-ring (bicyclic) bond motifs is 1. The SMILES string of the molecule is Clc1cncc(C2=C[C@H]3CNC[C@@H]23)c1. The highest BCUT2D eigenvalue weighted by atomic mass is 35.5. The number of pyridine rings is 1. The Kier molecular flexibility index (Phi) is 1.85. The van der Waals surface area contributed by atoms with E-state index in [9.17, 15) is 0 Å². The van der Waals surface area contributed by atoms with Crippen LogP contribution in [0, 0.1) is 11.8 Å². The molecule has 0 radical (unpaired) electrons. The van der Waals surface area contributed by atoms with Crippen LogP contribution < -0.4 is 5.32 Å². The number of nitrogens with one attached hydrogen (secondary N) is 1. The molecule has 3 rings (SSSR count). The Hall–Kier alpha value is -0.860. The summed E-state index contributed by atoms with van der Waals surface area (Å²) in [6.07, 6.45) is 5.90. The summed E-state index contributed by atoms with van der Waals surface area (Å²) in [6, 6.07) is 1.99. The first kappa shape index (κ1) is 8.45. The molecule has 1 N–H and O–H groups in total. The van der Waals surface area contributed by atoms with Crippen molar-refractivity contribution in [2.75, 3.05) is 13.1 Å². The Balaban J connectivity index is 1.94. The van der Waals surface area contributed by atoms with Gasteiger partial charge in [0.2, 0.25) is 0 Å². The van der Waals surface area contributed by atoms with Gasteiger partial charge in [-0.15, -0.1) is 0 Å². The Morgan fingerprint density at radius 3 is 3.07 bits per heavy atom. The minimum absolute atomic E-state index is 0.690. The van der Waals surface area contributed by atoms with Crippen molar-refractivity contribution in [3.05, 3.63) is 35.1 Å². The number of hydrogen-bond donors (Lipinski definition) is 1. The van der Waals surface area contributed by atoms with Crippen LogP contribution in [0.3, 0.4) is 0 Å². The van der Waals surface area contributed by atoms with Crippen molar-refractivity contribution in [1.82, 2.24) is 10.3 Å². The standard InChI is InChI=1S/C11H11ClN2/c12-9-1-7(3-13-5-9)10-2-8-4-14-6-11(8)10/h1-3,5,8,11,14H,4,6H2/t8-,11+/m0/s1. The molecule has 1 aliphatic carbocycles. The molecular formula is C11H11ClN2. The van der Waals surface area contributed by atoms with Crippen molar-refractivity contribution in [2.45, 2.75) is 0 Å². The van der Waals surface area contributed by atoms with Crippen LogP contribution in [0.1, 0.15) is 5.56 Å². The normalized spacial score (nSPS) is 29.4. The molecule has 3 heteroatoms. The molecule has 2 aliphatic rings. The van der Waals surface area contributed by atoms with Crippen LogP contribution in [0.15, 0.2) is 24.5 Å². The number of hydrogen-bond acceptors (Lipinski definition) is 2. The molecule has 1 fully saturated rings. The summed E-state index contributed by atoms with van der Waals surface area (Å²) in [5.74, 6) is 1.43. The lowest BCUT2D eigenvalue weighted by Crippen LogP contribution is -2.22. The molecular weight excluding hydrogens is 196 g/mol. The van der Waals surface area contributed by atoms with Crippen LogP contribution in [-0.4, -0.2) is 18.1 Å². The predicted octanol–water partition coefficient (Wildman–Crippen LogP) is 1.97. The van der Waals surface area contributed by atoms with E-state index in [1.165, 1.54) is 11.1 Å². The van der Waals surface area contributed by atoms with E-state index >= 15 is 0 Å². The third kappa shape index (κ3) is 1.18. The van der Waals surface area contributed by atoms with E-state index in [0.717, 1.165) is 24.0 Å². The second-order valence-electron chi connectivity index (χ2n) is 3.94. The highest BCUT2D eigenvalue weighted by molar-refractivity contribution is 6.30. The molecule has 1 aromatic heterocycles. The molecule has 72 valence electrons. The maximum atomic E-state index is 5.91. The maximum absolute atomic E-state index is 5.91. The van der Waals surface area contributed by atoms with Crippen molar-refractivity contribution in [3.8, 4) is 0 Å². The Morgan fingerprint density at radius 1 is 1.36 bits per heavy atom. The average Bonchev–Trinajstić information content (AvgIpc) is 2.48. The molecule has 0 amide bonds. The fourth-order valence-electron chi connectivity index (χ4n) is 2.33. The number of rotatable bonds is 1. The molecule has 0 saturated carbocycles. The van der Waals surface area contributed by atoms with Crippen molar-refractivity contribution in [2.24, 2.45) is 11.8 Å². The molecule has 0 unspecified atom stereocenters. The lowest BCUT2D eigenvalue weighted by molar-refractivity contribution is 0.564. The summed E-state index contributed by atoms with van der Waals surface area (Å²) in [7, 11) is 0. The zero-order valence-electron chi connectivity index (χ0n) is 7.70. The van der Waals surface area contributed by atoms with E-state index in [1.54, 1.807) is 6.20 Å². The van der Waals surface area contributed by atoms with E-state index in [2.05, 4.69) is 16.4 Å². The molecule has 1 saturated heterocycles. The zero-order chi connectivity index (χ0) is 9.54. The fraction of sp³-hybridized carbons (Fsp3) is 0.364. The molecule has 1 aromatic rings. The van der Waals surface area contributed by atoms with E-state index in [1.807, 2.05) is 12.3 Å². The molecule has 0 bridgehead atoms. The third-order valence-electron chi connectivity index (χ3n) is 3.09. The van der Waals surface area contributed by atoms with Gasteiger partial charge in [0.15, 0.2) is 0 Å². The highest BCUT2D eigenvalue weighted by Crippen LogP contribution is 2.42. The van der Waals surface area contributed by atoms with Gasteiger partial charge >= 0.3 is 0 Å². The quantitative estimate of drug-likeness (QED) is 0.760. The van der Waals surface area contributed by atoms with Gasteiger partial charge in [0, 0.05) is 31.4 Å². The van der Waals surface area contributed by atoms with Crippen LogP contribution >= 0.6 is 11.6 Å². The molecule has 14 heavy (non-hydrogen) atoms. The molecule has 2 heterocycles. The molecule has 0 spiro atoms. The van der Waals surface area contributed by atoms with Crippen LogP contribution in [0.25, 0.3) is 5.57 Å². The average molecular weight is 207 g/mol. The summed E-state index contributed by atoms with van der Waals surface area (Å²) >= 11 is 5.91. The van der Waals surface area contributed by atoms with E-state index in [-0.39, 0.29) is 0 Å². The lowest BCUT2D eigenvalue weighted by Gasteiger charge is -2.29. The van der Waals surface area contributed by atoms with Crippen molar-refractivity contribution in [1.29, 1.82) is 0 Å². The monoisotopic (exact) mass is 206 g/mol. The van der Waals surface area contributed by atoms with Gasteiger partial charge in [-0.1, -0.05) is 17.7 Å². The first-order chi connectivity index (χ1) is 6.84.